The Morgan fingerprint density at radius 3 is 2.60 bits per heavy atom. The van der Waals surface area contributed by atoms with Crippen molar-refractivity contribution >= 4 is 0 Å². The van der Waals surface area contributed by atoms with Gasteiger partial charge in [0.2, 0.25) is 0 Å². The van der Waals surface area contributed by atoms with Gasteiger partial charge in [-0.25, -0.2) is 8.78 Å². The summed E-state index contributed by atoms with van der Waals surface area (Å²) in [6, 6.07) is 3.51. The fraction of sp³-hybridized carbons (Fsp3) is 0.400. The van der Waals surface area contributed by atoms with Crippen LogP contribution < -0.4 is 10.5 Å². The van der Waals surface area contributed by atoms with Gasteiger partial charge in [0, 0.05) is 12.0 Å². The van der Waals surface area contributed by atoms with Crippen LogP contribution >= 0.6 is 0 Å². The maximum atomic E-state index is 13.3. The molecule has 0 aliphatic carbocycles. The van der Waals surface area contributed by atoms with Crippen molar-refractivity contribution in [3.63, 3.8) is 0 Å². The van der Waals surface area contributed by atoms with Crippen LogP contribution in [0.5, 0.6) is 11.5 Å². The Labute approximate surface area is 86.5 Å². The molecule has 3 nitrogen and oxygen atoms in total. The Morgan fingerprint density at radius 2 is 2.13 bits per heavy atom. The Hall–Kier alpha value is -1.36. The number of alkyl halides is 2. The summed E-state index contributed by atoms with van der Waals surface area (Å²) in [7, 11) is 1.35. The van der Waals surface area contributed by atoms with Crippen molar-refractivity contribution in [3.8, 4) is 11.5 Å². The van der Waals surface area contributed by atoms with Crippen LogP contribution in [0, 0.1) is 0 Å². The number of hydrogen-bond acceptors (Lipinski definition) is 3. The number of phenols is 1. The van der Waals surface area contributed by atoms with Crippen molar-refractivity contribution in [1.29, 1.82) is 0 Å². The summed E-state index contributed by atoms with van der Waals surface area (Å²) < 4.78 is 31.4. The lowest BCUT2D eigenvalue weighted by Gasteiger charge is -2.16. The van der Waals surface area contributed by atoms with Crippen LogP contribution in [0.2, 0.25) is 0 Å². The van der Waals surface area contributed by atoms with Gasteiger partial charge < -0.3 is 15.6 Å². The van der Waals surface area contributed by atoms with Gasteiger partial charge in [0.05, 0.1) is 7.11 Å². The molecule has 0 heterocycles. The molecule has 0 bridgehead atoms. The lowest BCUT2D eigenvalue weighted by molar-refractivity contribution is -0.0109. The van der Waals surface area contributed by atoms with Crippen molar-refractivity contribution in [2.24, 2.45) is 5.73 Å². The van der Waals surface area contributed by atoms with E-state index in [1.807, 2.05) is 0 Å². The second kappa shape index (κ2) is 4.44. The second-order valence-electron chi connectivity index (χ2n) is 3.13. The van der Waals surface area contributed by atoms with Gasteiger partial charge in [-0.3, -0.25) is 0 Å². The van der Waals surface area contributed by atoms with Crippen molar-refractivity contribution in [2.45, 2.75) is 12.3 Å². The van der Waals surface area contributed by atoms with E-state index in [4.69, 9.17) is 10.5 Å². The van der Waals surface area contributed by atoms with Crippen molar-refractivity contribution in [1.82, 2.24) is 0 Å². The first-order valence-electron chi connectivity index (χ1n) is 4.46. The van der Waals surface area contributed by atoms with Crippen molar-refractivity contribution in [2.75, 3.05) is 13.7 Å². The molecule has 0 saturated carbocycles. The molecule has 1 aromatic rings. The van der Waals surface area contributed by atoms with Crippen LogP contribution in [0.3, 0.4) is 0 Å². The second-order valence-corrected chi connectivity index (χ2v) is 3.13. The van der Waals surface area contributed by atoms with Crippen molar-refractivity contribution < 1.29 is 18.6 Å². The molecule has 0 spiro atoms. The number of ether oxygens (including phenoxy) is 1. The fourth-order valence-corrected chi connectivity index (χ4v) is 1.24. The summed E-state index contributed by atoms with van der Waals surface area (Å²) in [4.78, 5) is 0. The van der Waals surface area contributed by atoms with E-state index in [2.05, 4.69) is 0 Å². The molecule has 0 fully saturated rings. The summed E-state index contributed by atoms with van der Waals surface area (Å²) in [6.45, 7) is -0.111. The Bertz CT molecular complexity index is 342. The fourth-order valence-electron chi connectivity index (χ4n) is 1.24. The van der Waals surface area contributed by atoms with Crippen LogP contribution in [0.15, 0.2) is 18.2 Å². The van der Waals surface area contributed by atoms with Crippen LogP contribution in [-0.2, 0) is 5.92 Å². The van der Waals surface area contributed by atoms with E-state index in [0.717, 1.165) is 6.07 Å². The molecular formula is C10H13F2NO2. The molecule has 0 unspecified atom stereocenters. The molecule has 0 aliphatic heterocycles. The smallest absolute Gasteiger partial charge is 0.274 e. The third-order valence-corrected chi connectivity index (χ3v) is 2.06. The first-order valence-corrected chi connectivity index (χ1v) is 4.46. The Balaban J connectivity index is 3.01. The number of phenolic OH excluding ortho intramolecular Hbond substituents is 1. The van der Waals surface area contributed by atoms with Gasteiger partial charge in [-0.1, -0.05) is 0 Å². The third-order valence-electron chi connectivity index (χ3n) is 2.06. The number of rotatable bonds is 4. The highest BCUT2D eigenvalue weighted by Crippen LogP contribution is 2.36. The number of aromatic hydroxyl groups is 1. The van der Waals surface area contributed by atoms with E-state index < -0.39 is 12.3 Å². The molecule has 0 radical (unpaired) electrons. The standard InChI is InChI=1S/C10H13F2NO2/c1-15-9-3-2-7(6-8(9)14)10(11,12)4-5-13/h2-3,6,14H,4-5,13H2,1H3. The Kier molecular flexibility index (Phi) is 3.47. The van der Waals surface area contributed by atoms with Gasteiger partial charge in [-0.2, -0.15) is 0 Å². The molecule has 0 saturated heterocycles. The summed E-state index contributed by atoms with van der Waals surface area (Å²) in [5.74, 6) is -3.15. The molecule has 0 aliphatic rings. The topological polar surface area (TPSA) is 55.5 Å². The summed E-state index contributed by atoms with van der Waals surface area (Å²) >= 11 is 0. The minimum Gasteiger partial charge on any atom is -0.504 e. The zero-order valence-corrected chi connectivity index (χ0v) is 8.34. The van der Waals surface area contributed by atoms with Gasteiger partial charge in [0.1, 0.15) is 0 Å². The van der Waals surface area contributed by atoms with E-state index >= 15 is 0 Å². The first kappa shape index (κ1) is 11.7. The molecule has 3 N–H and O–H groups in total. The lowest BCUT2D eigenvalue weighted by atomic mass is 10.1. The van der Waals surface area contributed by atoms with Crippen LogP contribution in [0.4, 0.5) is 8.78 Å². The predicted molar refractivity (Wildman–Crippen MR) is 52.2 cm³/mol. The molecule has 5 heteroatoms. The largest absolute Gasteiger partial charge is 0.504 e. The summed E-state index contributed by atoms with van der Waals surface area (Å²) in [5, 5.41) is 9.33. The van der Waals surface area contributed by atoms with Crippen LogP contribution in [0.1, 0.15) is 12.0 Å². The van der Waals surface area contributed by atoms with Gasteiger partial charge >= 0.3 is 0 Å². The summed E-state index contributed by atoms with van der Waals surface area (Å²) in [5.41, 5.74) is 4.82. The highest BCUT2D eigenvalue weighted by atomic mass is 19.3. The highest BCUT2D eigenvalue weighted by molar-refractivity contribution is 5.42. The predicted octanol–water partition coefficient (Wildman–Crippen LogP) is 1.84. The maximum absolute atomic E-state index is 13.3. The van der Waals surface area contributed by atoms with Crippen LogP contribution in [0.25, 0.3) is 0 Å². The average Bonchev–Trinajstić information content (AvgIpc) is 2.17. The van der Waals surface area contributed by atoms with E-state index in [0.29, 0.717) is 0 Å². The monoisotopic (exact) mass is 217 g/mol. The summed E-state index contributed by atoms with van der Waals surface area (Å²) in [6.07, 6.45) is -0.446. The molecule has 15 heavy (non-hydrogen) atoms. The SMILES string of the molecule is COc1ccc(C(F)(F)CCN)cc1O. The third kappa shape index (κ3) is 2.56. The molecule has 1 aromatic carbocycles. The molecule has 84 valence electrons. The minimum atomic E-state index is -3.02. The van der Waals surface area contributed by atoms with Crippen molar-refractivity contribution in [3.05, 3.63) is 23.8 Å². The molecule has 0 aromatic heterocycles. The number of nitrogens with two attached hydrogens (primary N) is 1. The number of halogens is 2. The molecule has 1 rings (SSSR count). The van der Waals surface area contributed by atoms with E-state index in [1.165, 1.54) is 19.2 Å². The average molecular weight is 217 g/mol. The number of methoxy groups -OCH3 is 1. The maximum Gasteiger partial charge on any atom is 0.274 e. The zero-order chi connectivity index (χ0) is 11.5. The molecule has 0 amide bonds. The van der Waals surface area contributed by atoms with E-state index in [1.54, 1.807) is 0 Å². The Morgan fingerprint density at radius 1 is 1.47 bits per heavy atom. The lowest BCUT2D eigenvalue weighted by Crippen LogP contribution is -2.18. The van der Waals surface area contributed by atoms with E-state index in [9.17, 15) is 13.9 Å². The van der Waals surface area contributed by atoms with Crippen LogP contribution in [-0.4, -0.2) is 18.8 Å². The van der Waals surface area contributed by atoms with Gasteiger partial charge in [0.25, 0.3) is 5.92 Å². The number of hydrogen-bond donors (Lipinski definition) is 2. The van der Waals surface area contributed by atoms with Gasteiger partial charge in [-0.05, 0) is 24.7 Å². The van der Waals surface area contributed by atoms with Gasteiger partial charge in [0.15, 0.2) is 11.5 Å². The molecule has 0 atom stereocenters. The minimum absolute atomic E-state index is 0.111. The number of benzene rings is 1. The van der Waals surface area contributed by atoms with E-state index in [-0.39, 0.29) is 23.6 Å². The normalized spacial score (nSPS) is 11.5. The first-order chi connectivity index (χ1) is 7.01. The quantitative estimate of drug-likeness (QED) is 0.809. The highest BCUT2D eigenvalue weighted by Gasteiger charge is 2.31. The molecular weight excluding hydrogens is 204 g/mol. The zero-order valence-electron chi connectivity index (χ0n) is 8.34. The van der Waals surface area contributed by atoms with Gasteiger partial charge in [-0.15, -0.1) is 0 Å².